The molecule has 0 aliphatic carbocycles. The summed E-state index contributed by atoms with van der Waals surface area (Å²) in [6.45, 7) is 1.29. The van der Waals surface area contributed by atoms with Crippen molar-refractivity contribution in [3.05, 3.63) is 12.4 Å². The van der Waals surface area contributed by atoms with Gasteiger partial charge < -0.3 is 10.5 Å². The van der Waals surface area contributed by atoms with Crippen LogP contribution in [0.2, 0.25) is 0 Å². The summed E-state index contributed by atoms with van der Waals surface area (Å²) in [6, 6.07) is 0. The van der Waals surface area contributed by atoms with Crippen molar-refractivity contribution in [3.63, 3.8) is 0 Å². The average Bonchev–Trinajstić information content (AvgIpc) is 2.62. The Bertz CT molecular complexity index is 307. The standard InChI is InChI=1S/C7H14N6O/c1-14-3-2-13-5-6(4-10-13)11-7(8)12-9/h4-5H,2-3,9H2,1H3,(H3,8,11,12). The van der Waals surface area contributed by atoms with Crippen molar-refractivity contribution in [2.75, 3.05) is 13.7 Å². The van der Waals surface area contributed by atoms with Gasteiger partial charge in [-0.15, -0.1) is 0 Å². The lowest BCUT2D eigenvalue weighted by Gasteiger charge is -1.98. The van der Waals surface area contributed by atoms with Crippen LogP contribution in [0.15, 0.2) is 17.4 Å². The Labute approximate surface area is 81.7 Å². The third-order valence-electron chi connectivity index (χ3n) is 1.54. The molecule has 0 aliphatic heterocycles. The van der Waals surface area contributed by atoms with Gasteiger partial charge in [-0.3, -0.25) is 10.1 Å². The molecule has 5 N–H and O–H groups in total. The zero-order valence-electron chi connectivity index (χ0n) is 7.97. The number of hydrogen-bond acceptors (Lipinski definition) is 4. The zero-order chi connectivity index (χ0) is 10.4. The lowest BCUT2D eigenvalue weighted by molar-refractivity contribution is 0.183. The molecule has 0 spiro atoms. The molecule has 0 unspecified atom stereocenters. The van der Waals surface area contributed by atoms with Gasteiger partial charge in [0.15, 0.2) is 0 Å². The van der Waals surface area contributed by atoms with E-state index in [1.807, 2.05) is 0 Å². The fraction of sp³-hybridized carbons (Fsp3) is 0.429. The summed E-state index contributed by atoms with van der Waals surface area (Å²) in [5.74, 6) is 5.20. The molecule has 7 heteroatoms. The maximum atomic E-state index is 5.37. The van der Waals surface area contributed by atoms with Gasteiger partial charge in [-0.05, 0) is 0 Å². The van der Waals surface area contributed by atoms with E-state index < -0.39 is 0 Å². The van der Waals surface area contributed by atoms with Crippen LogP contribution in [0.4, 0.5) is 5.69 Å². The average molecular weight is 198 g/mol. The van der Waals surface area contributed by atoms with E-state index in [0.717, 1.165) is 0 Å². The molecule has 0 atom stereocenters. The number of methoxy groups -OCH3 is 1. The third-order valence-corrected chi connectivity index (χ3v) is 1.54. The molecule has 0 fully saturated rings. The van der Waals surface area contributed by atoms with Gasteiger partial charge in [0.25, 0.3) is 0 Å². The topological polar surface area (TPSA) is 103 Å². The Balaban J connectivity index is 2.59. The van der Waals surface area contributed by atoms with Crippen LogP contribution in [0.1, 0.15) is 0 Å². The summed E-state index contributed by atoms with van der Waals surface area (Å²) in [7, 11) is 1.64. The smallest absolute Gasteiger partial charge is 0.208 e. The van der Waals surface area contributed by atoms with Gasteiger partial charge in [0, 0.05) is 7.11 Å². The summed E-state index contributed by atoms with van der Waals surface area (Å²) >= 11 is 0. The largest absolute Gasteiger partial charge is 0.383 e. The van der Waals surface area contributed by atoms with Gasteiger partial charge in [-0.1, -0.05) is 0 Å². The number of nitrogens with two attached hydrogens (primary N) is 2. The second kappa shape index (κ2) is 5.20. The number of hydrogen-bond donors (Lipinski definition) is 3. The summed E-state index contributed by atoms with van der Waals surface area (Å²) in [6.07, 6.45) is 3.35. The number of rotatable bonds is 4. The molecular formula is C7H14N6O. The molecule has 0 amide bonds. The molecule has 1 rings (SSSR count). The number of nitrogens with one attached hydrogen (secondary N) is 1. The first kappa shape index (κ1) is 10.5. The predicted molar refractivity (Wildman–Crippen MR) is 52.7 cm³/mol. The number of guanidine groups is 1. The number of hydrazine groups is 1. The summed E-state index contributed by atoms with van der Waals surface area (Å²) in [5, 5.41) is 4.05. The highest BCUT2D eigenvalue weighted by Crippen LogP contribution is 2.08. The van der Waals surface area contributed by atoms with E-state index in [0.29, 0.717) is 18.8 Å². The van der Waals surface area contributed by atoms with E-state index in [4.69, 9.17) is 16.3 Å². The minimum atomic E-state index is 0.149. The summed E-state index contributed by atoms with van der Waals surface area (Å²) in [5.41, 5.74) is 8.25. The molecular weight excluding hydrogens is 184 g/mol. The second-order valence-corrected chi connectivity index (χ2v) is 2.60. The first-order valence-corrected chi connectivity index (χ1v) is 4.08. The molecule has 14 heavy (non-hydrogen) atoms. The van der Waals surface area contributed by atoms with Crippen molar-refractivity contribution in [3.8, 4) is 0 Å². The van der Waals surface area contributed by atoms with Gasteiger partial charge in [-0.25, -0.2) is 10.8 Å². The van der Waals surface area contributed by atoms with E-state index in [1.165, 1.54) is 0 Å². The van der Waals surface area contributed by atoms with Crippen molar-refractivity contribution in [2.24, 2.45) is 16.6 Å². The maximum Gasteiger partial charge on any atom is 0.208 e. The SMILES string of the molecule is COCCn1cc(N=C(N)NN)cn1. The van der Waals surface area contributed by atoms with E-state index in [2.05, 4.69) is 15.5 Å². The lowest BCUT2D eigenvalue weighted by atomic mass is 10.6. The summed E-state index contributed by atoms with van der Waals surface area (Å²) < 4.78 is 6.62. The molecule has 0 saturated heterocycles. The highest BCUT2D eigenvalue weighted by Gasteiger charge is 1.97. The Hall–Kier alpha value is -1.60. The number of aromatic nitrogens is 2. The van der Waals surface area contributed by atoms with Crippen molar-refractivity contribution in [1.29, 1.82) is 0 Å². The molecule has 0 aromatic carbocycles. The van der Waals surface area contributed by atoms with Crippen molar-refractivity contribution in [1.82, 2.24) is 15.2 Å². The Morgan fingerprint density at radius 3 is 3.21 bits per heavy atom. The van der Waals surface area contributed by atoms with Crippen LogP contribution in [0.25, 0.3) is 0 Å². The van der Waals surface area contributed by atoms with Gasteiger partial charge in [0.05, 0.1) is 25.5 Å². The van der Waals surface area contributed by atoms with Crippen molar-refractivity contribution < 1.29 is 4.74 Å². The van der Waals surface area contributed by atoms with Crippen LogP contribution in [0.3, 0.4) is 0 Å². The molecule has 1 aromatic rings. The van der Waals surface area contributed by atoms with E-state index in [1.54, 1.807) is 24.2 Å². The van der Waals surface area contributed by atoms with E-state index in [-0.39, 0.29) is 5.96 Å². The monoisotopic (exact) mass is 198 g/mol. The first-order valence-electron chi connectivity index (χ1n) is 4.08. The highest BCUT2D eigenvalue weighted by molar-refractivity contribution is 5.79. The second-order valence-electron chi connectivity index (χ2n) is 2.60. The van der Waals surface area contributed by atoms with Crippen LogP contribution in [-0.4, -0.2) is 29.5 Å². The fourth-order valence-electron chi connectivity index (χ4n) is 0.889. The van der Waals surface area contributed by atoms with Gasteiger partial charge in [-0.2, -0.15) is 5.10 Å². The molecule has 78 valence electrons. The quantitative estimate of drug-likeness (QED) is 0.247. The van der Waals surface area contributed by atoms with E-state index in [9.17, 15) is 0 Å². The van der Waals surface area contributed by atoms with Gasteiger partial charge >= 0.3 is 0 Å². The van der Waals surface area contributed by atoms with Crippen LogP contribution in [0.5, 0.6) is 0 Å². The maximum absolute atomic E-state index is 5.37. The van der Waals surface area contributed by atoms with Crippen LogP contribution < -0.4 is 17.0 Å². The number of ether oxygens (including phenoxy) is 1. The normalized spacial score (nSPS) is 11.7. The predicted octanol–water partition coefficient (Wildman–Crippen LogP) is -1.06. The minimum absolute atomic E-state index is 0.149. The van der Waals surface area contributed by atoms with Crippen molar-refractivity contribution >= 4 is 11.6 Å². The molecule has 1 heterocycles. The summed E-state index contributed by atoms with van der Waals surface area (Å²) in [4.78, 5) is 3.94. The highest BCUT2D eigenvalue weighted by atomic mass is 16.5. The molecule has 0 aliphatic rings. The van der Waals surface area contributed by atoms with Crippen molar-refractivity contribution in [2.45, 2.75) is 6.54 Å². The Kier molecular flexibility index (Phi) is 3.89. The molecule has 0 bridgehead atoms. The van der Waals surface area contributed by atoms with Gasteiger partial charge in [0.1, 0.15) is 5.69 Å². The van der Waals surface area contributed by atoms with Crippen LogP contribution >= 0.6 is 0 Å². The minimum Gasteiger partial charge on any atom is -0.383 e. The van der Waals surface area contributed by atoms with E-state index >= 15 is 0 Å². The molecule has 0 radical (unpaired) electrons. The zero-order valence-corrected chi connectivity index (χ0v) is 7.97. The molecule has 1 aromatic heterocycles. The van der Waals surface area contributed by atoms with Crippen LogP contribution in [0, 0.1) is 0 Å². The molecule has 0 saturated carbocycles. The lowest BCUT2D eigenvalue weighted by Crippen LogP contribution is -2.36. The van der Waals surface area contributed by atoms with Crippen LogP contribution in [-0.2, 0) is 11.3 Å². The first-order chi connectivity index (χ1) is 6.76. The Morgan fingerprint density at radius 2 is 2.57 bits per heavy atom. The fourth-order valence-corrected chi connectivity index (χ4v) is 0.889. The number of aliphatic imine (C=N–C) groups is 1. The molecule has 7 nitrogen and oxygen atoms in total. The number of nitrogens with zero attached hydrogens (tertiary/aromatic N) is 3. The third kappa shape index (κ3) is 3.04. The Morgan fingerprint density at radius 1 is 1.79 bits per heavy atom. The van der Waals surface area contributed by atoms with Gasteiger partial charge in [0.2, 0.25) is 5.96 Å².